The average molecular weight is 252 g/mol. The summed E-state index contributed by atoms with van der Waals surface area (Å²) in [7, 11) is 0. The predicted molar refractivity (Wildman–Crippen MR) is 75.8 cm³/mol. The van der Waals surface area contributed by atoms with Crippen LogP contribution in [0.2, 0.25) is 0 Å². The lowest BCUT2D eigenvalue weighted by molar-refractivity contribution is 0.434. The van der Waals surface area contributed by atoms with Crippen molar-refractivity contribution in [3.05, 3.63) is 11.6 Å². The van der Waals surface area contributed by atoms with E-state index in [0.717, 1.165) is 37.6 Å². The molecule has 1 N–H and O–H groups in total. The van der Waals surface area contributed by atoms with Crippen molar-refractivity contribution in [1.29, 1.82) is 0 Å². The molecule has 0 amide bonds. The summed E-state index contributed by atoms with van der Waals surface area (Å²) in [6.45, 7) is 10.7. The maximum atomic E-state index is 4.55. The first-order valence-electron chi connectivity index (χ1n) is 7.40. The molecule has 4 nitrogen and oxygen atoms in total. The Bertz CT molecular complexity index is 333. The molecular weight excluding hydrogens is 224 g/mol. The molecule has 4 heteroatoms. The summed E-state index contributed by atoms with van der Waals surface area (Å²) in [6, 6.07) is 0.647. The van der Waals surface area contributed by atoms with Crippen LogP contribution < -0.4 is 5.32 Å². The number of aryl methyl sites for hydroxylation is 3. The zero-order chi connectivity index (χ0) is 13.4. The van der Waals surface area contributed by atoms with Crippen molar-refractivity contribution >= 4 is 0 Å². The third-order valence-electron chi connectivity index (χ3n) is 3.33. The van der Waals surface area contributed by atoms with Crippen molar-refractivity contribution in [1.82, 2.24) is 20.1 Å². The van der Waals surface area contributed by atoms with Crippen LogP contribution in [0.1, 0.15) is 58.6 Å². The number of nitrogens with zero attached hydrogens (tertiary/aromatic N) is 3. The Balaban J connectivity index is 2.44. The fraction of sp³-hybridized carbons (Fsp3) is 0.857. The molecule has 18 heavy (non-hydrogen) atoms. The molecule has 0 aliphatic rings. The quantitative estimate of drug-likeness (QED) is 0.734. The largest absolute Gasteiger partial charge is 0.314 e. The van der Waals surface area contributed by atoms with E-state index in [9.17, 15) is 0 Å². The van der Waals surface area contributed by atoms with E-state index >= 15 is 0 Å². The van der Waals surface area contributed by atoms with Crippen LogP contribution in [-0.4, -0.2) is 27.4 Å². The third kappa shape index (κ3) is 4.41. The monoisotopic (exact) mass is 252 g/mol. The number of aromatic nitrogens is 3. The second-order valence-corrected chi connectivity index (χ2v) is 4.68. The second-order valence-electron chi connectivity index (χ2n) is 4.68. The van der Waals surface area contributed by atoms with E-state index in [4.69, 9.17) is 0 Å². The molecule has 0 aliphatic carbocycles. The van der Waals surface area contributed by atoms with Crippen molar-refractivity contribution in [3.63, 3.8) is 0 Å². The van der Waals surface area contributed by atoms with Crippen LogP contribution in [0.5, 0.6) is 0 Å². The van der Waals surface area contributed by atoms with Gasteiger partial charge >= 0.3 is 0 Å². The Hall–Kier alpha value is -0.900. The van der Waals surface area contributed by atoms with Gasteiger partial charge in [-0.15, -0.1) is 0 Å². The van der Waals surface area contributed by atoms with Crippen LogP contribution in [0.4, 0.5) is 0 Å². The highest BCUT2D eigenvalue weighted by Gasteiger charge is 2.08. The molecule has 104 valence electrons. The van der Waals surface area contributed by atoms with Crippen LogP contribution in [0.25, 0.3) is 0 Å². The Morgan fingerprint density at radius 3 is 2.50 bits per heavy atom. The maximum Gasteiger partial charge on any atom is 0.150 e. The lowest BCUT2D eigenvalue weighted by atomic mass is 10.1. The van der Waals surface area contributed by atoms with Gasteiger partial charge in [0.25, 0.3) is 0 Å². The minimum Gasteiger partial charge on any atom is -0.314 e. The topological polar surface area (TPSA) is 42.7 Å². The highest BCUT2D eigenvalue weighted by atomic mass is 15.3. The summed E-state index contributed by atoms with van der Waals surface area (Å²) in [5.41, 5.74) is 0. The SMILES string of the molecule is CCNC(CC)CCCn1nc(CC)nc1CC. The van der Waals surface area contributed by atoms with Gasteiger partial charge in [-0.2, -0.15) is 5.10 Å². The van der Waals surface area contributed by atoms with Crippen LogP contribution in [-0.2, 0) is 19.4 Å². The van der Waals surface area contributed by atoms with Gasteiger partial charge in [0, 0.05) is 25.4 Å². The maximum absolute atomic E-state index is 4.55. The van der Waals surface area contributed by atoms with Crippen molar-refractivity contribution in [2.75, 3.05) is 6.54 Å². The first-order valence-corrected chi connectivity index (χ1v) is 7.40. The number of hydrogen-bond acceptors (Lipinski definition) is 3. The molecule has 1 atom stereocenters. The summed E-state index contributed by atoms with van der Waals surface area (Å²) < 4.78 is 2.09. The first kappa shape index (κ1) is 15.2. The first-order chi connectivity index (χ1) is 8.74. The molecule has 0 fully saturated rings. The van der Waals surface area contributed by atoms with Gasteiger partial charge in [-0.1, -0.05) is 27.7 Å². The summed E-state index contributed by atoms with van der Waals surface area (Å²) in [5.74, 6) is 2.11. The van der Waals surface area contributed by atoms with Crippen LogP contribution in [0.15, 0.2) is 0 Å². The highest BCUT2D eigenvalue weighted by Crippen LogP contribution is 2.06. The Kier molecular flexibility index (Phi) is 6.94. The lowest BCUT2D eigenvalue weighted by Gasteiger charge is -2.15. The summed E-state index contributed by atoms with van der Waals surface area (Å²) in [4.78, 5) is 4.54. The third-order valence-corrected chi connectivity index (χ3v) is 3.33. The lowest BCUT2D eigenvalue weighted by Crippen LogP contribution is -2.28. The fourth-order valence-electron chi connectivity index (χ4n) is 2.24. The van der Waals surface area contributed by atoms with Crippen molar-refractivity contribution in [2.45, 2.75) is 72.4 Å². The van der Waals surface area contributed by atoms with Crippen molar-refractivity contribution in [3.8, 4) is 0 Å². The van der Waals surface area contributed by atoms with Gasteiger partial charge < -0.3 is 5.32 Å². The molecule has 0 radical (unpaired) electrons. The summed E-state index contributed by atoms with van der Waals surface area (Å²) in [6.07, 6.45) is 5.48. The van der Waals surface area contributed by atoms with Gasteiger partial charge in [-0.25, -0.2) is 9.67 Å². The molecular formula is C14H28N4. The van der Waals surface area contributed by atoms with E-state index in [1.165, 1.54) is 19.3 Å². The Morgan fingerprint density at radius 2 is 1.94 bits per heavy atom. The van der Waals surface area contributed by atoms with Gasteiger partial charge in [0.2, 0.25) is 0 Å². The van der Waals surface area contributed by atoms with E-state index in [1.54, 1.807) is 0 Å². The van der Waals surface area contributed by atoms with E-state index in [0.29, 0.717) is 6.04 Å². The van der Waals surface area contributed by atoms with Crippen LogP contribution in [0.3, 0.4) is 0 Å². The minimum absolute atomic E-state index is 0.647. The van der Waals surface area contributed by atoms with Crippen molar-refractivity contribution in [2.24, 2.45) is 0 Å². The van der Waals surface area contributed by atoms with Crippen LogP contribution >= 0.6 is 0 Å². The molecule has 1 aromatic heterocycles. The zero-order valence-corrected chi connectivity index (χ0v) is 12.4. The molecule has 0 aliphatic heterocycles. The number of nitrogens with one attached hydrogen (secondary N) is 1. The van der Waals surface area contributed by atoms with Crippen LogP contribution in [0, 0.1) is 0 Å². The minimum atomic E-state index is 0.647. The molecule has 0 bridgehead atoms. The van der Waals surface area contributed by atoms with Gasteiger partial charge in [0.15, 0.2) is 5.82 Å². The normalized spacial score (nSPS) is 12.9. The van der Waals surface area contributed by atoms with Gasteiger partial charge in [-0.05, 0) is 25.8 Å². The van der Waals surface area contributed by atoms with E-state index in [1.807, 2.05) is 0 Å². The molecule has 0 aromatic carbocycles. The molecule has 1 rings (SSSR count). The van der Waals surface area contributed by atoms with Gasteiger partial charge in [0.1, 0.15) is 5.82 Å². The van der Waals surface area contributed by atoms with Crippen molar-refractivity contribution < 1.29 is 0 Å². The highest BCUT2D eigenvalue weighted by molar-refractivity contribution is 4.92. The van der Waals surface area contributed by atoms with E-state index < -0.39 is 0 Å². The fourth-order valence-corrected chi connectivity index (χ4v) is 2.24. The Labute approximate surface area is 111 Å². The Morgan fingerprint density at radius 1 is 1.17 bits per heavy atom. The smallest absolute Gasteiger partial charge is 0.150 e. The van der Waals surface area contributed by atoms with E-state index in [-0.39, 0.29) is 0 Å². The zero-order valence-electron chi connectivity index (χ0n) is 12.4. The predicted octanol–water partition coefficient (Wildman–Crippen LogP) is 2.57. The average Bonchev–Trinajstić information content (AvgIpc) is 2.80. The number of hydrogen-bond donors (Lipinski definition) is 1. The molecule has 0 saturated heterocycles. The molecule has 0 spiro atoms. The molecule has 1 unspecified atom stereocenters. The standard InChI is InChI=1S/C14H28N4/c1-5-12(15-8-4)10-9-11-18-14(7-3)16-13(6-2)17-18/h12,15H,5-11H2,1-4H3. The molecule has 1 aromatic rings. The second kappa shape index (κ2) is 8.25. The summed E-state index contributed by atoms with van der Waals surface area (Å²) >= 11 is 0. The molecule has 0 saturated carbocycles. The number of rotatable bonds is 9. The molecule has 1 heterocycles. The van der Waals surface area contributed by atoms with Gasteiger partial charge in [-0.3, -0.25) is 0 Å². The summed E-state index contributed by atoms with van der Waals surface area (Å²) in [5, 5.41) is 8.07. The van der Waals surface area contributed by atoms with Gasteiger partial charge in [0.05, 0.1) is 0 Å². The van der Waals surface area contributed by atoms with E-state index in [2.05, 4.69) is 47.8 Å².